The van der Waals surface area contributed by atoms with Crippen molar-refractivity contribution >= 4 is 5.69 Å². The smallest absolute Gasteiger partial charge is 0.363 e. The van der Waals surface area contributed by atoms with Gasteiger partial charge in [0.2, 0.25) is 0 Å². The van der Waals surface area contributed by atoms with Gasteiger partial charge in [0, 0.05) is 6.54 Å². The van der Waals surface area contributed by atoms with Gasteiger partial charge in [0.15, 0.2) is 0 Å². The molecule has 0 unspecified atom stereocenters. The maximum absolute atomic E-state index is 3.18. The molecular formula is C13H14FeN2. The Kier molecular flexibility index (Phi) is 5.65. The average molecular weight is 254 g/mol. The Bertz CT molecular complexity index is 359. The summed E-state index contributed by atoms with van der Waals surface area (Å²) in [4.78, 5) is 0. The molecule has 0 atom stereocenters. The monoisotopic (exact) mass is 254 g/mol. The van der Waals surface area contributed by atoms with E-state index in [1.807, 2.05) is 53.7 Å². The molecule has 0 spiro atoms. The van der Waals surface area contributed by atoms with Crippen molar-refractivity contribution in [2.24, 2.45) is 0 Å². The molecule has 0 aliphatic carbocycles. The minimum Gasteiger partial charge on any atom is -0.363 e. The SMILES string of the molecule is C1=CN([c-]2cccc2)NC1.[Fe+2].c1cc[cH-]c1. The zero-order chi connectivity index (χ0) is 10.3. The second-order valence-corrected chi connectivity index (χ2v) is 3.22. The van der Waals surface area contributed by atoms with E-state index < -0.39 is 0 Å². The van der Waals surface area contributed by atoms with E-state index in [2.05, 4.69) is 23.6 Å². The number of nitrogens with zero attached hydrogens (tertiary/aromatic N) is 1. The third kappa shape index (κ3) is 3.70. The molecule has 1 aliphatic heterocycles. The van der Waals surface area contributed by atoms with Crippen LogP contribution in [0.25, 0.3) is 0 Å². The number of hydrogen-bond acceptors (Lipinski definition) is 2. The van der Waals surface area contributed by atoms with E-state index in [0.29, 0.717) is 0 Å². The molecule has 1 N–H and O–H groups in total. The van der Waals surface area contributed by atoms with E-state index in [1.165, 1.54) is 5.69 Å². The number of nitrogens with one attached hydrogen (secondary N) is 1. The Morgan fingerprint density at radius 2 is 1.75 bits per heavy atom. The molecule has 0 fully saturated rings. The van der Waals surface area contributed by atoms with Gasteiger partial charge in [-0.2, -0.15) is 30.3 Å². The second-order valence-electron chi connectivity index (χ2n) is 3.22. The zero-order valence-corrected chi connectivity index (χ0v) is 9.96. The Labute approximate surface area is 107 Å². The fraction of sp³-hybridized carbons (Fsp3) is 0.0769. The molecule has 3 rings (SSSR count). The molecule has 1 aliphatic rings. The Morgan fingerprint density at radius 3 is 2.19 bits per heavy atom. The van der Waals surface area contributed by atoms with Gasteiger partial charge < -0.3 is 5.01 Å². The van der Waals surface area contributed by atoms with Crippen molar-refractivity contribution in [3.63, 3.8) is 0 Å². The van der Waals surface area contributed by atoms with Gasteiger partial charge in [0.05, 0.1) is 0 Å². The van der Waals surface area contributed by atoms with E-state index in [-0.39, 0.29) is 17.1 Å². The molecule has 16 heavy (non-hydrogen) atoms. The van der Waals surface area contributed by atoms with Crippen molar-refractivity contribution in [3.8, 4) is 0 Å². The molecule has 0 amide bonds. The normalized spacial score (nSPS) is 12.9. The summed E-state index contributed by atoms with van der Waals surface area (Å²) in [5.41, 5.74) is 4.38. The summed E-state index contributed by atoms with van der Waals surface area (Å²) in [5, 5.41) is 2.01. The minimum atomic E-state index is 0. The summed E-state index contributed by atoms with van der Waals surface area (Å²) in [6.07, 6.45) is 4.13. The topological polar surface area (TPSA) is 15.3 Å². The van der Waals surface area contributed by atoms with Gasteiger partial charge >= 0.3 is 17.1 Å². The van der Waals surface area contributed by atoms with Gasteiger partial charge in [-0.25, -0.2) is 17.6 Å². The summed E-state index contributed by atoms with van der Waals surface area (Å²) in [7, 11) is 0. The van der Waals surface area contributed by atoms with E-state index in [4.69, 9.17) is 0 Å². The van der Waals surface area contributed by atoms with Crippen LogP contribution in [0.15, 0.2) is 66.9 Å². The molecule has 1 heterocycles. The fourth-order valence-electron chi connectivity index (χ4n) is 1.38. The minimum absolute atomic E-state index is 0. The van der Waals surface area contributed by atoms with Gasteiger partial charge in [-0.05, 0) is 5.69 Å². The van der Waals surface area contributed by atoms with Crippen molar-refractivity contribution in [1.82, 2.24) is 5.43 Å². The molecule has 0 radical (unpaired) electrons. The van der Waals surface area contributed by atoms with Gasteiger partial charge in [-0.3, -0.25) is 0 Å². The summed E-state index contributed by atoms with van der Waals surface area (Å²) in [6.45, 7) is 0.936. The predicted octanol–water partition coefficient (Wildman–Crippen LogP) is 2.65. The van der Waals surface area contributed by atoms with Crippen LogP contribution >= 0.6 is 0 Å². The molecular weight excluding hydrogens is 240 g/mol. The molecule has 0 saturated carbocycles. The summed E-state index contributed by atoms with van der Waals surface area (Å²) in [5.74, 6) is 0. The summed E-state index contributed by atoms with van der Waals surface area (Å²) < 4.78 is 0. The quantitative estimate of drug-likeness (QED) is 0.621. The molecule has 2 aromatic carbocycles. The first-order chi connectivity index (χ1) is 7.47. The predicted molar refractivity (Wildman–Crippen MR) is 63.7 cm³/mol. The van der Waals surface area contributed by atoms with Crippen molar-refractivity contribution in [3.05, 3.63) is 66.9 Å². The Morgan fingerprint density at radius 1 is 1.06 bits per heavy atom. The van der Waals surface area contributed by atoms with Crippen LogP contribution in [0.3, 0.4) is 0 Å². The third-order valence-corrected chi connectivity index (χ3v) is 2.11. The molecule has 2 nitrogen and oxygen atoms in total. The molecule has 0 bridgehead atoms. The first kappa shape index (κ1) is 12.8. The van der Waals surface area contributed by atoms with Crippen molar-refractivity contribution in [2.45, 2.75) is 0 Å². The molecule has 0 saturated heterocycles. The van der Waals surface area contributed by atoms with E-state index in [1.54, 1.807) is 0 Å². The van der Waals surface area contributed by atoms with Crippen LogP contribution in [-0.2, 0) is 17.1 Å². The number of rotatable bonds is 1. The van der Waals surface area contributed by atoms with Crippen molar-refractivity contribution in [2.75, 3.05) is 11.6 Å². The number of anilines is 1. The van der Waals surface area contributed by atoms with E-state index in [9.17, 15) is 0 Å². The number of hydrazine groups is 1. The molecule has 3 heteroatoms. The fourth-order valence-corrected chi connectivity index (χ4v) is 1.38. The summed E-state index contributed by atoms with van der Waals surface area (Å²) >= 11 is 0. The average Bonchev–Trinajstić information content (AvgIpc) is 3.06. The largest absolute Gasteiger partial charge is 2.00 e. The third-order valence-electron chi connectivity index (χ3n) is 2.11. The standard InChI is InChI=1S/C8H9N2.C5H5.Fe/c1-2-5-8(4-1)10-7-3-6-9-10;1-2-4-5-3-1;/h1-5,7,9H,6H2;1-5H;/q2*-1;+2. The van der Waals surface area contributed by atoms with E-state index >= 15 is 0 Å². The van der Waals surface area contributed by atoms with E-state index in [0.717, 1.165) is 6.54 Å². The van der Waals surface area contributed by atoms with Crippen molar-refractivity contribution < 1.29 is 17.1 Å². The zero-order valence-electron chi connectivity index (χ0n) is 8.86. The van der Waals surface area contributed by atoms with Crippen LogP contribution in [0.2, 0.25) is 0 Å². The first-order valence-electron chi connectivity index (χ1n) is 5.04. The van der Waals surface area contributed by atoms with Crippen LogP contribution in [-0.4, -0.2) is 6.54 Å². The molecule has 2 aromatic rings. The van der Waals surface area contributed by atoms with Gasteiger partial charge in [-0.15, -0.1) is 12.1 Å². The maximum Gasteiger partial charge on any atom is 2.00 e. The Hall–Kier alpha value is -1.28. The summed E-state index contributed by atoms with van der Waals surface area (Å²) in [6, 6.07) is 18.2. The van der Waals surface area contributed by atoms with Crippen molar-refractivity contribution in [1.29, 1.82) is 0 Å². The van der Waals surface area contributed by atoms with Crippen LogP contribution in [0.1, 0.15) is 0 Å². The van der Waals surface area contributed by atoms with Gasteiger partial charge in [-0.1, -0.05) is 12.3 Å². The van der Waals surface area contributed by atoms with Gasteiger partial charge in [0.1, 0.15) is 0 Å². The van der Waals surface area contributed by atoms with Crippen LogP contribution < -0.4 is 10.4 Å². The van der Waals surface area contributed by atoms with Crippen LogP contribution in [0.4, 0.5) is 5.69 Å². The Balaban J connectivity index is 0.000000183. The second kappa shape index (κ2) is 7.07. The molecule has 84 valence electrons. The maximum atomic E-state index is 3.18. The van der Waals surface area contributed by atoms with Crippen LogP contribution in [0, 0.1) is 0 Å². The number of hydrogen-bond donors (Lipinski definition) is 1. The van der Waals surface area contributed by atoms with Gasteiger partial charge in [0.25, 0.3) is 0 Å². The first-order valence-corrected chi connectivity index (χ1v) is 5.04. The molecule has 0 aromatic heterocycles. The van der Waals surface area contributed by atoms with Crippen LogP contribution in [0.5, 0.6) is 0 Å².